The molecule has 1 saturated carbocycles. The number of hydrogen-bond acceptors (Lipinski definition) is 9. The highest BCUT2D eigenvalue weighted by atomic mass is 16.5. The second-order valence-electron chi connectivity index (χ2n) is 9.72. The third-order valence-corrected chi connectivity index (χ3v) is 7.70. The lowest BCUT2D eigenvalue weighted by Gasteiger charge is -2.37. The summed E-state index contributed by atoms with van der Waals surface area (Å²) in [6.07, 6.45) is 11.4. The van der Waals surface area contributed by atoms with Crippen molar-refractivity contribution >= 4 is 5.78 Å². The van der Waals surface area contributed by atoms with Gasteiger partial charge in [0.15, 0.2) is 5.82 Å². The maximum absolute atomic E-state index is 13.0. The molecule has 10 nitrogen and oxygen atoms in total. The van der Waals surface area contributed by atoms with Crippen molar-refractivity contribution in [3.05, 3.63) is 30.0 Å². The number of ether oxygens (including phenoxy) is 1. The van der Waals surface area contributed by atoms with Crippen LogP contribution >= 0.6 is 0 Å². The van der Waals surface area contributed by atoms with Gasteiger partial charge in [-0.15, -0.1) is 0 Å². The van der Waals surface area contributed by atoms with Crippen LogP contribution in [0.15, 0.2) is 23.2 Å². The molecule has 0 aromatic carbocycles. The minimum absolute atomic E-state index is 0.293. The molecule has 3 aromatic heterocycles. The van der Waals surface area contributed by atoms with Gasteiger partial charge in [0.25, 0.3) is 0 Å². The van der Waals surface area contributed by atoms with Crippen molar-refractivity contribution in [3.8, 4) is 23.3 Å². The second-order valence-corrected chi connectivity index (χ2v) is 9.72. The second kappa shape index (κ2) is 8.57. The largest absolute Gasteiger partial charge is 0.476 e. The molecule has 1 aliphatic heterocycles. The number of ketones is 1. The van der Waals surface area contributed by atoms with Crippen molar-refractivity contribution in [1.29, 1.82) is 0 Å². The first-order valence-corrected chi connectivity index (χ1v) is 12.2. The highest BCUT2D eigenvalue weighted by Gasteiger charge is 2.47. The Morgan fingerprint density at radius 3 is 2.88 bits per heavy atom. The Labute approximate surface area is 197 Å². The first-order valence-electron chi connectivity index (χ1n) is 12.2. The average molecular weight is 464 g/mol. The molecule has 1 saturated heterocycles. The Balaban J connectivity index is 1.38. The molecular weight excluding hydrogens is 434 g/mol. The fourth-order valence-corrected chi connectivity index (χ4v) is 5.79. The van der Waals surface area contributed by atoms with Crippen LogP contribution in [0.5, 0.6) is 5.88 Å². The van der Waals surface area contributed by atoms with Crippen LogP contribution in [-0.4, -0.2) is 66.8 Å². The van der Waals surface area contributed by atoms with Crippen molar-refractivity contribution in [3.63, 3.8) is 0 Å². The van der Waals surface area contributed by atoms with Crippen LogP contribution in [0.2, 0.25) is 0 Å². The molecule has 3 aromatic rings. The van der Waals surface area contributed by atoms with E-state index in [0.29, 0.717) is 48.1 Å². The van der Waals surface area contributed by atoms with E-state index in [0.717, 1.165) is 62.7 Å². The molecule has 178 valence electrons. The van der Waals surface area contributed by atoms with E-state index in [1.54, 1.807) is 17.1 Å². The third kappa shape index (κ3) is 3.60. The van der Waals surface area contributed by atoms with Crippen molar-refractivity contribution in [2.75, 3.05) is 20.2 Å². The Hall–Kier alpha value is -3.14. The molecule has 4 heterocycles. The van der Waals surface area contributed by atoms with E-state index in [1.165, 1.54) is 12.7 Å². The fraction of sp³-hybridized carbons (Fsp3) is 0.583. The number of aromatic nitrogens is 6. The third-order valence-electron chi connectivity index (χ3n) is 7.70. The van der Waals surface area contributed by atoms with Gasteiger partial charge in [0.2, 0.25) is 17.5 Å². The first kappa shape index (κ1) is 21.4. The Kier molecular flexibility index (Phi) is 5.40. The first-order chi connectivity index (χ1) is 16.6. The smallest absolute Gasteiger partial charge is 0.219 e. The van der Waals surface area contributed by atoms with Crippen LogP contribution in [-0.2, 0) is 16.6 Å². The Bertz CT molecular complexity index is 1190. The van der Waals surface area contributed by atoms with Crippen LogP contribution in [0.1, 0.15) is 62.6 Å². The SMILES string of the molecule is CN1CCC[C@H]1COc1cc(-n2cncn2)nc(-c2onc3c2CCC[C@@]32CCCCC2=O)n1. The normalized spacial score (nSPS) is 25.1. The number of carbonyl (C=O) groups is 1. The maximum Gasteiger partial charge on any atom is 0.219 e. The topological polar surface area (TPSA) is 112 Å². The van der Waals surface area contributed by atoms with Crippen molar-refractivity contribution in [2.45, 2.75) is 69.2 Å². The molecule has 34 heavy (non-hydrogen) atoms. The van der Waals surface area contributed by atoms with Gasteiger partial charge < -0.3 is 14.2 Å². The summed E-state index contributed by atoms with van der Waals surface area (Å²) in [5.74, 6) is 2.22. The molecule has 10 heteroatoms. The number of likely N-dealkylation sites (N-methyl/N-ethyl adjacent to an activating group) is 1. The molecule has 3 aliphatic rings. The molecule has 1 spiro atoms. The zero-order chi connectivity index (χ0) is 23.1. The number of hydrogen-bond donors (Lipinski definition) is 0. The zero-order valence-corrected chi connectivity index (χ0v) is 19.4. The van der Waals surface area contributed by atoms with Crippen LogP contribution in [0.4, 0.5) is 0 Å². The van der Waals surface area contributed by atoms with Crippen LogP contribution < -0.4 is 4.74 Å². The van der Waals surface area contributed by atoms with E-state index < -0.39 is 5.41 Å². The van der Waals surface area contributed by atoms with Gasteiger partial charge in [0.05, 0.1) is 5.41 Å². The number of Topliss-reactive ketones (excluding diaryl/α,β-unsaturated/α-hetero) is 1. The molecule has 2 atom stereocenters. The molecule has 6 rings (SSSR count). The number of rotatable bonds is 5. The number of nitrogens with zero attached hydrogens (tertiary/aromatic N) is 7. The van der Waals surface area contributed by atoms with Gasteiger partial charge in [0, 0.05) is 24.1 Å². The van der Waals surface area contributed by atoms with Gasteiger partial charge >= 0.3 is 0 Å². The summed E-state index contributed by atoms with van der Waals surface area (Å²) >= 11 is 0. The Morgan fingerprint density at radius 2 is 2.09 bits per heavy atom. The summed E-state index contributed by atoms with van der Waals surface area (Å²) in [4.78, 5) is 28.8. The van der Waals surface area contributed by atoms with E-state index in [4.69, 9.17) is 19.2 Å². The van der Waals surface area contributed by atoms with Gasteiger partial charge in [0.1, 0.15) is 30.7 Å². The maximum atomic E-state index is 13.0. The van der Waals surface area contributed by atoms with Crippen molar-refractivity contribution in [1.82, 2.24) is 34.8 Å². The predicted octanol–water partition coefficient (Wildman–Crippen LogP) is 2.90. The monoisotopic (exact) mass is 463 g/mol. The van der Waals surface area contributed by atoms with Crippen LogP contribution in [0.3, 0.4) is 0 Å². The molecule has 0 amide bonds. The quantitative estimate of drug-likeness (QED) is 0.564. The number of carbonyl (C=O) groups excluding carboxylic acids is 1. The molecule has 2 aliphatic carbocycles. The van der Waals surface area contributed by atoms with Crippen LogP contribution in [0.25, 0.3) is 17.4 Å². The summed E-state index contributed by atoms with van der Waals surface area (Å²) in [5, 5.41) is 8.67. The van der Waals surface area contributed by atoms with E-state index in [2.05, 4.69) is 27.2 Å². The molecule has 0 N–H and O–H groups in total. The molecule has 0 unspecified atom stereocenters. The van der Waals surface area contributed by atoms with E-state index in [9.17, 15) is 4.79 Å². The van der Waals surface area contributed by atoms with Gasteiger partial charge in [-0.05, 0) is 58.5 Å². The van der Waals surface area contributed by atoms with E-state index in [1.807, 2.05) is 0 Å². The van der Waals surface area contributed by atoms with Crippen molar-refractivity contribution in [2.24, 2.45) is 0 Å². The van der Waals surface area contributed by atoms with Gasteiger partial charge in [-0.2, -0.15) is 10.1 Å². The van der Waals surface area contributed by atoms with Gasteiger partial charge in [-0.1, -0.05) is 11.6 Å². The van der Waals surface area contributed by atoms with Crippen molar-refractivity contribution < 1.29 is 14.1 Å². The molecule has 0 bridgehead atoms. The van der Waals surface area contributed by atoms with Crippen LogP contribution in [0, 0.1) is 0 Å². The summed E-state index contributed by atoms with van der Waals surface area (Å²) in [5.41, 5.74) is 1.24. The summed E-state index contributed by atoms with van der Waals surface area (Å²) in [7, 11) is 2.12. The lowest BCUT2D eigenvalue weighted by atomic mass is 9.64. The number of fused-ring (bicyclic) bond motifs is 2. The fourth-order valence-electron chi connectivity index (χ4n) is 5.79. The van der Waals surface area contributed by atoms with Gasteiger partial charge in [-0.25, -0.2) is 14.6 Å². The summed E-state index contributed by atoms with van der Waals surface area (Å²) in [6, 6.07) is 2.13. The summed E-state index contributed by atoms with van der Waals surface area (Å²) < 4.78 is 13.6. The average Bonchev–Trinajstić information content (AvgIpc) is 3.61. The van der Waals surface area contributed by atoms with E-state index >= 15 is 0 Å². The molecular formula is C24H29N7O3. The summed E-state index contributed by atoms with van der Waals surface area (Å²) in [6.45, 7) is 1.63. The standard InChI is InChI=1S/C24H29N7O3/c1-30-11-5-6-16(30)13-33-20-12-19(31-15-25-14-26-31)27-23(28-20)21-17-7-4-10-24(22(17)29-34-21)9-3-2-8-18(24)32/h12,14-16H,2-11,13H2,1H3/t16-,24+/m0/s1. The highest BCUT2D eigenvalue weighted by Crippen LogP contribution is 2.47. The Morgan fingerprint density at radius 1 is 1.18 bits per heavy atom. The lowest BCUT2D eigenvalue weighted by Crippen LogP contribution is -2.41. The lowest BCUT2D eigenvalue weighted by molar-refractivity contribution is -0.127. The minimum Gasteiger partial charge on any atom is -0.476 e. The minimum atomic E-state index is -0.510. The molecule has 0 radical (unpaired) electrons. The van der Waals surface area contributed by atoms with E-state index in [-0.39, 0.29) is 0 Å². The highest BCUT2D eigenvalue weighted by molar-refractivity contribution is 5.91. The number of likely N-dealkylation sites (tertiary alicyclic amines) is 1. The van der Waals surface area contributed by atoms with Gasteiger partial charge in [-0.3, -0.25) is 4.79 Å². The molecule has 2 fully saturated rings. The predicted molar refractivity (Wildman–Crippen MR) is 122 cm³/mol. The zero-order valence-electron chi connectivity index (χ0n) is 19.4.